The van der Waals surface area contributed by atoms with Gasteiger partial charge in [0.2, 0.25) is 5.91 Å². The Morgan fingerprint density at radius 2 is 2.46 bits per heavy atom. The highest BCUT2D eigenvalue weighted by atomic mass is 16.1. The van der Waals surface area contributed by atoms with Gasteiger partial charge in [0.1, 0.15) is 0 Å². The number of amides is 1. The average molecular weight is 181 g/mol. The minimum atomic E-state index is 0.0909. The first-order valence-corrected chi connectivity index (χ1v) is 4.47. The molecule has 0 bridgehead atoms. The summed E-state index contributed by atoms with van der Waals surface area (Å²) < 4.78 is 1.72. The summed E-state index contributed by atoms with van der Waals surface area (Å²) in [5, 5.41) is 6.94. The minimum Gasteiger partial charge on any atom is -0.350 e. The Hall–Kier alpha value is -1.32. The largest absolute Gasteiger partial charge is 0.350 e. The van der Waals surface area contributed by atoms with Crippen LogP contribution in [0.4, 0.5) is 0 Å². The Kier molecular flexibility index (Phi) is 3.49. The topological polar surface area (TPSA) is 46.9 Å². The van der Waals surface area contributed by atoms with Crippen molar-refractivity contribution in [2.45, 2.75) is 26.3 Å². The van der Waals surface area contributed by atoms with Crippen LogP contribution in [0.1, 0.15) is 25.5 Å². The monoisotopic (exact) mass is 181 g/mol. The number of nitrogens with one attached hydrogen (secondary N) is 1. The molecule has 0 aliphatic heterocycles. The molecule has 0 unspecified atom stereocenters. The highest BCUT2D eigenvalue weighted by Crippen LogP contribution is 1.94. The number of aryl methyl sites for hydroxylation is 1. The highest BCUT2D eigenvalue weighted by Gasteiger charge is 2.00. The van der Waals surface area contributed by atoms with Crippen LogP contribution < -0.4 is 5.32 Å². The van der Waals surface area contributed by atoms with E-state index >= 15 is 0 Å². The van der Waals surface area contributed by atoms with Crippen LogP contribution in [0.15, 0.2) is 12.3 Å². The van der Waals surface area contributed by atoms with E-state index in [-0.39, 0.29) is 5.91 Å². The first kappa shape index (κ1) is 9.77. The van der Waals surface area contributed by atoms with Gasteiger partial charge in [-0.3, -0.25) is 9.48 Å². The lowest BCUT2D eigenvalue weighted by Gasteiger charge is -2.00. The van der Waals surface area contributed by atoms with E-state index in [4.69, 9.17) is 0 Å². The van der Waals surface area contributed by atoms with Gasteiger partial charge in [0.25, 0.3) is 0 Å². The maximum atomic E-state index is 11.1. The maximum absolute atomic E-state index is 11.1. The van der Waals surface area contributed by atoms with E-state index in [1.54, 1.807) is 4.68 Å². The molecule has 0 saturated heterocycles. The summed E-state index contributed by atoms with van der Waals surface area (Å²) in [6.45, 7) is 2.51. The quantitative estimate of drug-likeness (QED) is 0.748. The summed E-state index contributed by atoms with van der Waals surface area (Å²) in [4.78, 5) is 11.1. The van der Waals surface area contributed by atoms with Crippen molar-refractivity contribution in [1.29, 1.82) is 0 Å². The van der Waals surface area contributed by atoms with Gasteiger partial charge in [-0.2, -0.15) is 5.10 Å². The molecule has 1 heterocycles. The molecule has 1 amide bonds. The third kappa shape index (κ3) is 3.27. The van der Waals surface area contributed by atoms with Crippen molar-refractivity contribution < 1.29 is 4.79 Å². The minimum absolute atomic E-state index is 0.0909. The molecule has 0 aliphatic rings. The molecule has 0 radical (unpaired) electrons. The van der Waals surface area contributed by atoms with Crippen LogP contribution in [0.5, 0.6) is 0 Å². The lowest BCUT2D eigenvalue weighted by Crippen LogP contribution is -2.22. The zero-order valence-corrected chi connectivity index (χ0v) is 8.08. The fourth-order valence-electron chi connectivity index (χ4n) is 1.06. The normalized spacial score (nSPS) is 10.0. The van der Waals surface area contributed by atoms with Crippen molar-refractivity contribution in [2.75, 3.05) is 0 Å². The van der Waals surface area contributed by atoms with E-state index in [1.165, 1.54) is 0 Å². The maximum Gasteiger partial charge on any atom is 0.220 e. The number of hydrogen-bond donors (Lipinski definition) is 1. The predicted octanol–water partition coefficient (Wildman–Crippen LogP) is 0.836. The summed E-state index contributed by atoms with van der Waals surface area (Å²) in [6, 6.07) is 1.90. The van der Waals surface area contributed by atoms with Gasteiger partial charge in [0.05, 0.1) is 12.2 Å². The van der Waals surface area contributed by atoms with E-state index in [1.807, 2.05) is 26.2 Å². The molecule has 1 aromatic heterocycles. The summed E-state index contributed by atoms with van der Waals surface area (Å²) in [7, 11) is 1.86. The molecule has 0 fully saturated rings. The molecule has 0 saturated carbocycles. The van der Waals surface area contributed by atoms with Crippen molar-refractivity contribution in [3.63, 3.8) is 0 Å². The summed E-state index contributed by atoms with van der Waals surface area (Å²) >= 11 is 0. The molecule has 0 atom stereocenters. The molecule has 0 aliphatic carbocycles. The van der Waals surface area contributed by atoms with Crippen molar-refractivity contribution in [3.8, 4) is 0 Å². The Balaban J connectivity index is 2.30. The van der Waals surface area contributed by atoms with Crippen molar-refractivity contribution >= 4 is 5.91 Å². The number of hydrogen-bond acceptors (Lipinski definition) is 2. The molecule has 1 N–H and O–H groups in total. The van der Waals surface area contributed by atoms with Crippen LogP contribution >= 0.6 is 0 Å². The van der Waals surface area contributed by atoms with Crippen molar-refractivity contribution in [2.24, 2.45) is 7.05 Å². The van der Waals surface area contributed by atoms with E-state index in [0.717, 1.165) is 12.1 Å². The van der Waals surface area contributed by atoms with Crippen LogP contribution in [0.25, 0.3) is 0 Å². The third-order valence-corrected chi connectivity index (χ3v) is 1.71. The molecular weight excluding hydrogens is 166 g/mol. The van der Waals surface area contributed by atoms with Gasteiger partial charge >= 0.3 is 0 Å². The molecule has 0 aromatic carbocycles. The van der Waals surface area contributed by atoms with E-state index in [9.17, 15) is 4.79 Å². The van der Waals surface area contributed by atoms with Crippen molar-refractivity contribution in [1.82, 2.24) is 15.1 Å². The standard InChI is InChI=1S/C9H15N3O/c1-3-4-9(13)10-7-8-5-6-12(2)11-8/h5-6H,3-4,7H2,1-2H3,(H,10,13). The lowest BCUT2D eigenvalue weighted by molar-refractivity contribution is -0.121. The number of carbonyl (C=O) groups excluding carboxylic acids is 1. The summed E-state index contributed by atoms with van der Waals surface area (Å²) in [5.41, 5.74) is 0.895. The summed E-state index contributed by atoms with van der Waals surface area (Å²) in [5.74, 6) is 0.0909. The summed E-state index contributed by atoms with van der Waals surface area (Å²) in [6.07, 6.45) is 3.34. The fourth-order valence-corrected chi connectivity index (χ4v) is 1.06. The highest BCUT2D eigenvalue weighted by molar-refractivity contribution is 5.75. The Labute approximate surface area is 77.9 Å². The zero-order chi connectivity index (χ0) is 9.68. The van der Waals surface area contributed by atoms with Crippen LogP contribution in [0.2, 0.25) is 0 Å². The van der Waals surface area contributed by atoms with Crippen LogP contribution in [0.3, 0.4) is 0 Å². The van der Waals surface area contributed by atoms with Gasteiger partial charge in [-0.05, 0) is 12.5 Å². The van der Waals surface area contributed by atoms with Gasteiger partial charge in [-0.1, -0.05) is 6.92 Å². The van der Waals surface area contributed by atoms with Crippen LogP contribution in [-0.2, 0) is 18.4 Å². The number of rotatable bonds is 4. The molecule has 13 heavy (non-hydrogen) atoms. The predicted molar refractivity (Wildman–Crippen MR) is 50.0 cm³/mol. The zero-order valence-electron chi connectivity index (χ0n) is 8.08. The third-order valence-electron chi connectivity index (χ3n) is 1.71. The van der Waals surface area contributed by atoms with Gasteiger partial charge < -0.3 is 5.32 Å². The molecule has 72 valence electrons. The van der Waals surface area contributed by atoms with E-state index < -0.39 is 0 Å². The molecule has 0 spiro atoms. The van der Waals surface area contributed by atoms with Gasteiger partial charge in [-0.15, -0.1) is 0 Å². The second-order valence-electron chi connectivity index (χ2n) is 3.01. The number of nitrogens with zero attached hydrogens (tertiary/aromatic N) is 2. The van der Waals surface area contributed by atoms with Gasteiger partial charge in [-0.25, -0.2) is 0 Å². The fraction of sp³-hybridized carbons (Fsp3) is 0.556. The molecule has 1 aromatic rings. The van der Waals surface area contributed by atoms with Crippen LogP contribution in [-0.4, -0.2) is 15.7 Å². The Morgan fingerprint density at radius 1 is 1.69 bits per heavy atom. The first-order valence-electron chi connectivity index (χ1n) is 4.47. The molecule has 4 heteroatoms. The number of aromatic nitrogens is 2. The molecule has 1 rings (SSSR count). The second-order valence-corrected chi connectivity index (χ2v) is 3.01. The Morgan fingerprint density at radius 3 is 3.00 bits per heavy atom. The number of carbonyl (C=O) groups is 1. The van der Waals surface area contributed by atoms with E-state index in [0.29, 0.717) is 13.0 Å². The average Bonchev–Trinajstić information content (AvgIpc) is 2.49. The van der Waals surface area contributed by atoms with Gasteiger partial charge in [0, 0.05) is 19.7 Å². The lowest BCUT2D eigenvalue weighted by atomic mass is 10.3. The van der Waals surface area contributed by atoms with Gasteiger partial charge in [0.15, 0.2) is 0 Å². The van der Waals surface area contributed by atoms with E-state index in [2.05, 4.69) is 10.4 Å². The van der Waals surface area contributed by atoms with Crippen molar-refractivity contribution in [3.05, 3.63) is 18.0 Å². The second kappa shape index (κ2) is 4.64. The SMILES string of the molecule is CCCC(=O)NCc1ccn(C)n1. The smallest absolute Gasteiger partial charge is 0.220 e. The molecule has 4 nitrogen and oxygen atoms in total. The first-order chi connectivity index (χ1) is 6.22. The Bertz CT molecular complexity index is 280. The molecular formula is C9H15N3O. The van der Waals surface area contributed by atoms with Crippen LogP contribution in [0, 0.1) is 0 Å².